The summed E-state index contributed by atoms with van der Waals surface area (Å²) in [5.41, 5.74) is -0.340. The molecule has 1 saturated heterocycles. The molecule has 8 heteroatoms. The van der Waals surface area contributed by atoms with Crippen LogP contribution in [0.4, 0.5) is 4.39 Å². The van der Waals surface area contributed by atoms with Gasteiger partial charge in [-0.05, 0) is 31.1 Å². The molecule has 1 amide bonds. The predicted molar refractivity (Wildman–Crippen MR) is 96.3 cm³/mol. The highest BCUT2D eigenvalue weighted by Crippen LogP contribution is 2.51. The third kappa shape index (κ3) is 3.70. The van der Waals surface area contributed by atoms with Crippen LogP contribution in [0.5, 0.6) is 0 Å². The highest BCUT2D eigenvalue weighted by molar-refractivity contribution is 5.79. The van der Waals surface area contributed by atoms with Crippen LogP contribution in [0, 0.1) is 29.6 Å². The Balaban J connectivity index is 1.62. The van der Waals surface area contributed by atoms with E-state index in [1.54, 1.807) is 6.92 Å². The summed E-state index contributed by atoms with van der Waals surface area (Å²) in [6.45, 7) is 8.42. The van der Waals surface area contributed by atoms with Gasteiger partial charge in [0, 0.05) is 25.3 Å². The van der Waals surface area contributed by atoms with Gasteiger partial charge < -0.3 is 14.7 Å². The van der Waals surface area contributed by atoms with E-state index in [0.717, 1.165) is 19.3 Å². The van der Waals surface area contributed by atoms with E-state index in [4.69, 9.17) is 9.78 Å². The fraction of sp³-hybridized carbons (Fsp3) is 0.789. The number of halogens is 1. The number of nitrogens with zero attached hydrogens (tertiary/aromatic N) is 4. The number of aryl methyl sites for hydroxylation is 1. The molecule has 1 N–H and O–H groups in total. The van der Waals surface area contributed by atoms with E-state index in [9.17, 15) is 9.18 Å². The zero-order valence-corrected chi connectivity index (χ0v) is 16.5. The third-order valence-electron chi connectivity index (χ3n) is 6.78. The van der Waals surface area contributed by atoms with Crippen LogP contribution < -0.4 is 5.32 Å². The molecular formula is C19H28FN5O2. The normalized spacial score (nSPS) is 32.6. The minimum absolute atomic E-state index is 0.0126. The quantitative estimate of drug-likeness (QED) is 0.845. The van der Waals surface area contributed by atoms with Crippen molar-refractivity contribution in [3.63, 3.8) is 0 Å². The molecular weight excluding hydrogens is 349 g/mol. The Morgan fingerprint density at radius 1 is 1.48 bits per heavy atom. The molecule has 0 bridgehead atoms. The molecule has 0 aromatic carbocycles. The van der Waals surface area contributed by atoms with Gasteiger partial charge in [0.25, 0.3) is 0 Å². The molecule has 1 saturated carbocycles. The maximum absolute atomic E-state index is 13.6. The van der Waals surface area contributed by atoms with Crippen molar-refractivity contribution >= 4 is 5.91 Å². The molecule has 2 fully saturated rings. The summed E-state index contributed by atoms with van der Waals surface area (Å²) in [5, 5.41) is 16.6. The lowest BCUT2D eigenvalue weighted by molar-refractivity contribution is -0.131. The largest absolute Gasteiger partial charge is 0.340 e. The van der Waals surface area contributed by atoms with Crippen LogP contribution in [0.2, 0.25) is 0 Å². The molecule has 1 aromatic heterocycles. The van der Waals surface area contributed by atoms with Crippen molar-refractivity contribution in [2.24, 2.45) is 11.3 Å². The number of carbonyl (C=O) groups excluding carboxylic acids is 1. The number of aromatic nitrogens is 2. The lowest BCUT2D eigenvalue weighted by atomic mass is 9.70. The minimum Gasteiger partial charge on any atom is -0.340 e. The maximum Gasteiger partial charge on any atom is 0.237 e. The number of hydrogen-bond acceptors (Lipinski definition) is 6. The maximum atomic E-state index is 13.6. The van der Waals surface area contributed by atoms with Gasteiger partial charge >= 0.3 is 0 Å². The van der Waals surface area contributed by atoms with Crippen LogP contribution in [0.3, 0.4) is 0 Å². The second-order valence-electron chi connectivity index (χ2n) is 8.60. The second kappa shape index (κ2) is 7.19. The Hall–Kier alpha value is -2.01. The molecule has 27 heavy (non-hydrogen) atoms. The van der Waals surface area contributed by atoms with Crippen molar-refractivity contribution in [1.82, 2.24) is 20.4 Å². The van der Waals surface area contributed by atoms with Crippen LogP contribution in [0.25, 0.3) is 0 Å². The number of carbonyl (C=O) groups is 1. The summed E-state index contributed by atoms with van der Waals surface area (Å²) in [5.74, 6) is 1.43. The Morgan fingerprint density at radius 3 is 2.85 bits per heavy atom. The van der Waals surface area contributed by atoms with Gasteiger partial charge in [0.2, 0.25) is 11.8 Å². The molecule has 0 spiro atoms. The molecule has 7 nitrogen and oxygen atoms in total. The van der Waals surface area contributed by atoms with Crippen molar-refractivity contribution in [1.29, 1.82) is 5.26 Å². The average molecular weight is 377 g/mol. The Labute approximate surface area is 159 Å². The zero-order valence-electron chi connectivity index (χ0n) is 16.5. The Morgan fingerprint density at radius 2 is 2.22 bits per heavy atom. The van der Waals surface area contributed by atoms with Gasteiger partial charge in [0.1, 0.15) is 12.2 Å². The van der Waals surface area contributed by atoms with Crippen molar-refractivity contribution in [2.75, 3.05) is 13.1 Å². The summed E-state index contributed by atoms with van der Waals surface area (Å²) in [7, 11) is 0. The van der Waals surface area contributed by atoms with Crippen molar-refractivity contribution in [2.45, 2.75) is 71.1 Å². The molecule has 1 aromatic rings. The number of hydrogen-bond donors (Lipinski definition) is 1. The minimum atomic E-state index is -1.11. The molecule has 4 atom stereocenters. The first-order valence-electron chi connectivity index (χ1n) is 9.53. The van der Waals surface area contributed by atoms with Crippen LogP contribution in [-0.2, 0) is 11.2 Å². The monoisotopic (exact) mass is 377 g/mol. The highest BCUT2D eigenvalue weighted by Gasteiger charge is 2.51. The van der Waals surface area contributed by atoms with Crippen LogP contribution in [-0.4, -0.2) is 51.8 Å². The van der Waals surface area contributed by atoms with E-state index < -0.39 is 12.2 Å². The zero-order chi connectivity index (χ0) is 19.8. The first-order valence-corrected chi connectivity index (χ1v) is 9.53. The van der Waals surface area contributed by atoms with Gasteiger partial charge in [-0.3, -0.25) is 4.79 Å². The highest BCUT2D eigenvalue weighted by atomic mass is 19.1. The summed E-state index contributed by atoms with van der Waals surface area (Å²) < 4.78 is 18.7. The van der Waals surface area contributed by atoms with E-state index in [1.165, 1.54) is 4.90 Å². The predicted octanol–water partition coefficient (Wildman–Crippen LogP) is 2.17. The van der Waals surface area contributed by atoms with E-state index in [0.29, 0.717) is 17.6 Å². The molecule has 1 aliphatic heterocycles. The second-order valence-corrected chi connectivity index (χ2v) is 8.60. The number of alkyl halides is 1. The fourth-order valence-corrected chi connectivity index (χ4v) is 4.47. The Kier molecular flexibility index (Phi) is 5.26. The van der Waals surface area contributed by atoms with Gasteiger partial charge in [-0.1, -0.05) is 19.0 Å². The van der Waals surface area contributed by atoms with Crippen LogP contribution >= 0.6 is 0 Å². The standard InChI is InChI=1S/C19H28FN5O2/c1-12-23-16(24-27-12)7-13-5-6-19(4,18(13,2)3)22-10-17(26)25-11-14(20)8-15(25)9-21/h13-15,22H,5-8,10-11H2,1-4H3/t13-,14-,15-,19-/m0/s1. The fourth-order valence-electron chi connectivity index (χ4n) is 4.47. The Bertz CT molecular complexity index is 743. The third-order valence-corrected chi connectivity index (χ3v) is 6.78. The number of likely N-dealkylation sites (tertiary alicyclic amines) is 1. The average Bonchev–Trinajstić information content (AvgIpc) is 3.26. The smallest absolute Gasteiger partial charge is 0.237 e. The van der Waals surface area contributed by atoms with E-state index in [1.807, 2.05) is 6.07 Å². The van der Waals surface area contributed by atoms with E-state index in [-0.39, 0.29) is 36.4 Å². The van der Waals surface area contributed by atoms with Gasteiger partial charge in [0.15, 0.2) is 5.82 Å². The number of rotatable bonds is 5. The molecule has 148 valence electrons. The summed E-state index contributed by atoms with van der Waals surface area (Å²) in [6.07, 6.45) is 1.65. The molecule has 0 radical (unpaired) electrons. The lowest BCUT2D eigenvalue weighted by Gasteiger charge is -2.42. The van der Waals surface area contributed by atoms with Gasteiger partial charge in [-0.2, -0.15) is 10.2 Å². The topological polar surface area (TPSA) is 95.1 Å². The van der Waals surface area contributed by atoms with Crippen molar-refractivity contribution in [3.05, 3.63) is 11.7 Å². The van der Waals surface area contributed by atoms with Crippen molar-refractivity contribution < 1.29 is 13.7 Å². The summed E-state index contributed by atoms with van der Waals surface area (Å²) >= 11 is 0. The SMILES string of the molecule is Cc1nc(C[C@@H]2CC[C@](C)(NCC(=O)N3C[C@@H](F)C[C@H]3C#N)C2(C)C)no1. The first kappa shape index (κ1) is 19.7. The van der Waals surface area contributed by atoms with E-state index >= 15 is 0 Å². The molecule has 0 unspecified atom stereocenters. The number of amides is 1. The first-order chi connectivity index (χ1) is 12.7. The number of nitrogens with one attached hydrogen (secondary N) is 1. The molecule has 2 aliphatic rings. The van der Waals surface area contributed by atoms with Crippen LogP contribution in [0.15, 0.2) is 4.52 Å². The van der Waals surface area contributed by atoms with Gasteiger partial charge in [-0.15, -0.1) is 0 Å². The number of nitriles is 1. The molecule has 3 rings (SSSR count). The van der Waals surface area contributed by atoms with E-state index in [2.05, 4.69) is 36.2 Å². The molecule has 1 aliphatic carbocycles. The lowest BCUT2D eigenvalue weighted by Crippen LogP contribution is -2.55. The summed E-state index contributed by atoms with van der Waals surface area (Å²) in [6, 6.07) is 1.37. The van der Waals surface area contributed by atoms with Gasteiger partial charge in [-0.25, -0.2) is 4.39 Å². The summed E-state index contributed by atoms with van der Waals surface area (Å²) in [4.78, 5) is 18.2. The van der Waals surface area contributed by atoms with Gasteiger partial charge in [0.05, 0.1) is 19.2 Å². The molecule has 2 heterocycles. The van der Waals surface area contributed by atoms with Crippen LogP contribution in [0.1, 0.15) is 51.7 Å². The van der Waals surface area contributed by atoms with Crippen molar-refractivity contribution in [3.8, 4) is 6.07 Å².